The summed E-state index contributed by atoms with van der Waals surface area (Å²) in [6.07, 6.45) is -0.220. The van der Waals surface area contributed by atoms with Crippen LogP contribution in [0.15, 0.2) is 53.7 Å². The van der Waals surface area contributed by atoms with Gasteiger partial charge in [-0.1, -0.05) is 24.3 Å². The monoisotopic (exact) mass is 403 g/mol. The number of allylic oxidation sites excluding steroid dienone is 1. The van der Waals surface area contributed by atoms with Crippen molar-refractivity contribution in [2.75, 3.05) is 6.61 Å². The Morgan fingerprint density at radius 1 is 1.07 bits per heavy atom. The highest BCUT2D eigenvalue weighted by Gasteiger charge is 2.38. The van der Waals surface area contributed by atoms with Gasteiger partial charge in [0, 0.05) is 23.6 Å². The third-order valence-electron chi connectivity index (χ3n) is 4.98. The standard InChI is InChI=1S/C22H20F3NO3/c1-3-29-22(28)21-13(2)26(12-16-18(24)9-6-10-19(16)25)20(27)11-15(21)14-7-4-5-8-17(14)23/h4-10,15H,3,11-12H2,1-2H3. The van der Waals surface area contributed by atoms with Crippen molar-refractivity contribution in [3.05, 3.63) is 82.3 Å². The lowest BCUT2D eigenvalue weighted by Gasteiger charge is -2.34. The lowest BCUT2D eigenvalue weighted by atomic mass is 9.83. The fourth-order valence-electron chi connectivity index (χ4n) is 3.54. The molecule has 0 aliphatic carbocycles. The van der Waals surface area contributed by atoms with Crippen molar-refractivity contribution in [2.45, 2.75) is 32.7 Å². The van der Waals surface area contributed by atoms with E-state index in [1.807, 2.05) is 0 Å². The highest BCUT2D eigenvalue weighted by atomic mass is 19.1. The van der Waals surface area contributed by atoms with Crippen molar-refractivity contribution < 1.29 is 27.5 Å². The van der Waals surface area contributed by atoms with E-state index in [1.54, 1.807) is 13.0 Å². The van der Waals surface area contributed by atoms with Crippen molar-refractivity contribution in [3.8, 4) is 0 Å². The topological polar surface area (TPSA) is 46.6 Å². The number of rotatable bonds is 5. The van der Waals surface area contributed by atoms with Crippen molar-refractivity contribution in [2.24, 2.45) is 0 Å². The molecule has 0 aromatic heterocycles. The van der Waals surface area contributed by atoms with Gasteiger partial charge in [0.2, 0.25) is 5.91 Å². The third kappa shape index (κ3) is 4.04. The Labute approximate surface area is 166 Å². The van der Waals surface area contributed by atoms with E-state index in [0.29, 0.717) is 0 Å². The largest absolute Gasteiger partial charge is 0.463 e. The van der Waals surface area contributed by atoms with Gasteiger partial charge in [0.05, 0.1) is 18.7 Å². The molecule has 2 aromatic rings. The summed E-state index contributed by atoms with van der Waals surface area (Å²) in [6.45, 7) is 2.84. The number of hydrogen-bond acceptors (Lipinski definition) is 3. The van der Waals surface area contributed by atoms with Crippen LogP contribution in [0.1, 0.15) is 37.3 Å². The normalized spacial score (nSPS) is 16.9. The Hall–Kier alpha value is -3.09. The maximum atomic E-state index is 14.4. The van der Waals surface area contributed by atoms with Gasteiger partial charge >= 0.3 is 5.97 Å². The van der Waals surface area contributed by atoms with Crippen LogP contribution in [-0.4, -0.2) is 23.4 Å². The van der Waals surface area contributed by atoms with E-state index in [0.717, 1.165) is 17.0 Å². The number of ether oxygens (including phenoxy) is 1. The van der Waals surface area contributed by atoms with Gasteiger partial charge in [0.25, 0.3) is 0 Å². The third-order valence-corrected chi connectivity index (χ3v) is 4.98. The molecule has 0 saturated heterocycles. The Kier molecular flexibility index (Phi) is 6.06. The van der Waals surface area contributed by atoms with E-state index < -0.39 is 35.2 Å². The van der Waals surface area contributed by atoms with E-state index in [-0.39, 0.29) is 42.0 Å². The molecule has 0 spiro atoms. The molecule has 4 nitrogen and oxygen atoms in total. The Morgan fingerprint density at radius 2 is 1.69 bits per heavy atom. The van der Waals surface area contributed by atoms with Gasteiger partial charge < -0.3 is 9.64 Å². The zero-order valence-electron chi connectivity index (χ0n) is 16.0. The second kappa shape index (κ2) is 8.51. The van der Waals surface area contributed by atoms with E-state index in [2.05, 4.69) is 0 Å². The zero-order chi connectivity index (χ0) is 21.1. The first kappa shape index (κ1) is 20.6. The van der Waals surface area contributed by atoms with E-state index in [1.165, 1.54) is 31.2 Å². The number of carbonyl (C=O) groups excluding carboxylic acids is 2. The Balaban J connectivity index is 2.09. The first-order valence-electron chi connectivity index (χ1n) is 9.20. The number of amides is 1. The van der Waals surface area contributed by atoms with Crippen LogP contribution in [-0.2, 0) is 20.9 Å². The van der Waals surface area contributed by atoms with Crippen LogP contribution in [0.25, 0.3) is 0 Å². The number of esters is 1. The highest BCUT2D eigenvalue weighted by molar-refractivity contribution is 5.95. The summed E-state index contributed by atoms with van der Waals surface area (Å²) in [5.41, 5.74) is 0.205. The van der Waals surface area contributed by atoms with E-state index >= 15 is 0 Å². The van der Waals surface area contributed by atoms with Gasteiger partial charge in [-0.15, -0.1) is 0 Å². The van der Waals surface area contributed by atoms with Crippen LogP contribution in [0.3, 0.4) is 0 Å². The minimum Gasteiger partial charge on any atom is -0.463 e. The van der Waals surface area contributed by atoms with Gasteiger partial charge in [-0.2, -0.15) is 0 Å². The molecular weight excluding hydrogens is 383 g/mol. The lowest BCUT2D eigenvalue weighted by Crippen LogP contribution is -2.38. The molecule has 0 fully saturated rings. The first-order chi connectivity index (χ1) is 13.8. The second-order valence-electron chi connectivity index (χ2n) is 6.68. The van der Waals surface area contributed by atoms with Crippen LogP contribution in [0.5, 0.6) is 0 Å². The summed E-state index contributed by atoms with van der Waals surface area (Å²) in [5.74, 6) is -4.13. The molecular formula is C22H20F3NO3. The summed E-state index contributed by atoms with van der Waals surface area (Å²) in [4.78, 5) is 26.6. The average molecular weight is 403 g/mol. The molecule has 7 heteroatoms. The van der Waals surface area contributed by atoms with Crippen molar-refractivity contribution in [3.63, 3.8) is 0 Å². The fourth-order valence-corrected chi connectivity index (χ4v) is 3.54. The molecule has 1 aliphatic rings. The second-order valence-corrected chi connectivity index (χ2v) is 6.68. The Bertz CT molecular complexity index is 967. The quantitative estimate of drug-likeness (QED) is 0.693. The highest BCUT2D eigenvalue weighted by Crippen LogP contribution is 2.38. The molecule has 1 amide bonds. The maximum Gasteiger partial charge on any atom is 0.336 e. The number of nitrogens with zero attached hydrogens (tertiary/aromatic N) is 1. The molecule has 0 N–H and O–H groups in total. The molecule has 3 rings (SSSR count). The number of carbonyl (C=O) groups is 2. The summed E-state index contributed by atoms with van der Waals surface area (Å²) >= 11 is 0. The van der Waals surface area contributed by atoms with Crippen LogP contribution < -0.4 is 0 Å². The fraction of sp³-hybridized carbons (Fsp3) is 0.273. The molecule has 0 radical (unpaired) electrons. The first-order valence-corrected chi connectivity index (χ1v) is 9.20. The number of halogens is 3. The van der Waals surface area contributed by atoms with Gasteiger partial charge in [-0.25, -0.2) is 18.0 Å². The van der Waals surface area contributed by atoms with Crippen molar-refractivity contribution in [1.29, 1.82) is 0 Å². The minimum absolute atomic E-state index is 0.0928. The predicted octanol–water partition coefficient (Wildman–Crippen LogP) is 4.46. The van der Waals surface area contributed by atoms with E-state index in [9.17, 15) is 22.8 Å². The number of benzene rings is 2. The predicted molar refractivity (Wildman–Crippen MR) is 100.0 cm³/mol. The average Bonchev–Trinajstić information content (AvgIpc) is 2.67. The maximum absolute atomic E-state index is 14.4. The number of hydrogen-bond donors (Lipinski definition) is 0. The summed E-state index contributed by atoms with van der Waals surface area (Å²) in [5, 5.41) is 0. The van der Waals surface area contributed by atoms with Gasteiger partial charge in [-0.05, 0) is 37.6 Å². The summed E-state index contributed by atoms with van der Waals surface area (Å²) < 4.78 is 47.7. The smallest absolute Gasteiger partial charge is 0.336 e. The summed E-state index contributed by atoms with van der Waals surface area (Å²) in [6, 6.07) is 9.30. The lowest BCUT2D eigenvalue weighted by molar-refractivity contribution is -0.140. The molecule has 29 heavy (non-hydrogen) atoms. The van der Waals surface area contributed by atoms with Crippen LogP contribution in [0.4, 0.5) is 13.2 Å². The molecule has 1 atom stereocenters. The zero-order valence-corrected chi connectivity index (χ0v) is 16.0. The SMILES string of the molecule is CCOC(=O)C1=C(C)N(Cc2c(F)cccc2F)C(=O)CC1c1ccccc1F. The molecule has 0 bridgehead atoms. The van der Waals surface area contributed by atoms with Crippen molar-refractivity contribution in [1.82, 2.24) is 4.90 Å². The molecule has 152 valence electrons. The van der Waals surface area contributed by atoms with Crippen molar-refractivity contribution >= 4 is 11.9 Å². The van der Waals surface area contributed by atoms with Gasteiger partial charge in [0.1, 0.15) is 17.5 Å². The molecule has 1 heterocycles. The van der Waals surface area contributed by atoms with Gasteiger partial charge in [0.15, 0.2) is 0 Å². The minimum atomic E-state index is -0.843. The van der Waals surface area contributed by atoms with E-state index in [4.69, 9.17) is 4.74 Å². The molecule has 2 aromatic carbocycles. The molecule has 1 unspecified atom stereocenters. The molecule has 1 aliphatic heterocycles. The summed E-state index contributed by atoms with van der Waals surface area (Å²) in [7, 11) is 0. The van der Waals surface area contributed by atoms with Crippen LogP contribution in [0, 0.1) is 17.5 Å². The van der Waals surface area contributed by atoms with Crippen LogP contribution >= 0.6 is 0 Å². The van der Waals surface area contributed by atoms with Gasteiger partial charge in [-0.3, -0.25) is 4.79 Å². The molecule has 0 saturated carbocycles. The van der Waals surface area contributed by atoms with Crippen LogP contribution in [0.2, 0.25) is 0 Å². The Morgan fingerprint density at radius 3 is 2.31 bits per heavy atom.